The SMILES string of the molecule is CCN(CC)CCCn1c(-c2ccc(N3CCCC3=O)cc2)nc2ccccc21. The van der Waals surface area contributed by atoms with Gasteiger partial charge in [0.05, 0.1) is 11.0 Å². The average molecular weight is 391 g/mol. The quantitative estimate of drug-likeness (QED) is 0.566. The van der Waals surface area contributed by atoms with Gasteiger partial charge >= 0.3 is 0 Å². The molecule has 152 valence electrons. The normalized spacial score (nSPS) is 14.4. The van der Waals surface area contributed by atoms with E-state index < -0.39 is 0 Å². The molecule has 1 aliphatic heterocycles. The van der Waals surface area contributed by atoms with Gasteiger partial charge in [-0.1, -0.05) is 26.0 Å². The number of imidazole rings is 1. The maximum atomic E-state index is 12.0. The molecular formula is C24H30N4O. The van der Waals surface area contributed by atoms with Crippen LogP contribution in [0.3, 0.4) is 0 Å². The second-order valence-corrected chi connectivity index (χ2v) is 7.65. The molecule has 0 bridgehead atoms. The molecule has 29 heavy (non-hydrogen) atoms. The molecule has 1 aromatic heterocycles. The van der Waals surface area contributed by atoms with Gasteiger partial charge in [-0.15, -0.1) is 0 Å². The van der Waals surface area contributed by atoms with Crippen molar-refractivity contribution in [2.75, 3.05) is 31.1 Å². The van der Waals surface area contributed by atoms with Gasteiger partial charge in [-0.05, 0) is 68.9 Å². The van der Waals surface area contributed by atoms with Crippen molar-refractivity contribution in [1.82, 2.24) is 14.5 Å². The molecule has 5 nitrogen and oxygen atoms in total. The zero-order valence-corrected chi connectivity index (χ0v) is 17.5. The molecule has 0 N–H and O–H groups in total. The Morgan fingerprint density at radius 2 is 1.79 bits per heavy atom. The number of benzene rings is 2. The summed E-state index contributed by atoms with van der Waals surface area (Å²) in [6.45, 7) is 9.47. The number of anilines is 1. The first-order valence-electron chi connectivity index (χ1n) is 10.8. The molecule has 0 aliphatic carbocycles. The van der Waals surface area contributed by atoms with Crippen LogP contribution in [0.25, 0.3) is 22.4 Å². The van der Waals surface area contributed by atoms with Crippen LogP contribution >= 0.6 is 0 Å². The average Bonchev–Trinajstić information content (AvgIpc) is 3.35. The number of hydrogen-bond donors (Lipinski definition) is 0. The predicted octanol–water partition coefficient (Wildman–Crippen LogP) is 4.56. The molecule has 4 rings (SSSR count). The molecule has 0 unspecified atom stereocenters. The lowest BCUT2D eigenvalue weighted by Crippen LogP contribution is -2.25. The highest BCUT2D eigenvalue weighted by molar-refractivity contribution is 5.95. The van der Waals surface area contributed by atoms with Crippen LogP contribution in [-0.2, 0) is 11.3 Å². The van der Waals surface area contributed by atoms with Crippen LogP contribution in [0.15, 0.2) is 48.5 Å². The van der Waals surface area contributed by atoms with Gasteiger partial charge in [0.25, 0.3) is 0 Å². The lowest BCUT2D eigenvalue weighted by molar-refractivity contribution is -0.117. The number of aryl methyl sites for hydroxylation is 1. The zero-order valence-electron chi connectivity index (χ0n) is 17.5. The number of para-hydroxylation sites is 2. The third-order valence-corrected chi connectivity index (χ3v) is 5.92. The second-order valence-electron chi connectivity index (χ2n) is 7.65. The van der Waals surface area contributed by atoms with E-state index in [2.05, 4.69) is 65.8 Å². The fourth-order valence-corrected chi connectivity index (χ4v) is 4.23. The van der Waals surface area contributed by atoms with Crippen LogP contribution in [0.4, 0.5) is 5.69 Å². The van der Waals surface area contributed by atoms with E-state index in [0.29, 0.717) is 6.42 Å². The van der Waals surface area contributed by atoms with Crippen LogP contribution in [-0.4, -0.2) is 46.5 Å². The number of nitrogens with zero attached hydrogens (tertiary/aromatic N) is 4. The number of carbonyl (C=O) groups excluding carboxylic acids is 1. The molecule has 0 atom stereocenters. The highest BCUT2D eigenvalue weighted by Crippen LogP contribution is 2.28. The van der Waals surface area contributed by atoms with Gasteiger partial charge < -0.3 is 14.4 Å². The maximum Gasteiger partial charge on any atom is 0.227 e. The lowest BCUT2D eigenvalue weighted by Gasteiger charge is -2.19. The second kappa shape index (κ2) is 8.78. The van der Waals surface area contributed by atoms with Crippen LogP contribution in [0.5, 0.6) is 0 Å². The molecule has 0 saturated carbocycles. The predicted molar refractivity (Wildman–Crippen MR) is 119 cm³/mol. The summed E-state index contributed by atoms with van der Waals surface area (Å²) in [5.41, 5.74) is 4.30. The van der Waals surface area contributed by atoms with Gasteiger partial charge in [0.15, 0.2) is 0 Å². The highest BCUT2D eigenvalue weighted by atomic mass is 16.2. The topological polar surface area (TPSA) is 41.4 Å². The van der Waals surface area contributed by atoms with E-state index >= 15 is 0 Å². The Kier molecular flexibility index (Phi) is 5.95. The first-order chi connectivity index (χ1) is 14.2. The Morgan fingerprint density at radius 3 is 2.48 bits per heavy atom. The van der Waals surface area contributed by atoms with Crippen molar-refractivity contribution in [3.63, 3.8) is 0 Å². The van der Waals surface area contributed by atoms with E-state index in [1.165, 1.54) is 5.52 Å². The number of carbonyl (C=O) groups is 1. The Morgan fingerprint density at radius 1 is 1.03 bits per heavy atom. The third kappa shape index (κ3) is 4.06. The summed E-state index contributed by atoms with van der Waals surface area (Å²) in [5, 5.41) is 0. The summed E-state index contributed by atoms with van der Waals surface area (Å²) in [6.07, 6.45) is 2.70. The minimum absolute atomic E-state index is 0.224. The minimum Gasteiger partial charge on any atom is -0.324 e. The lowest BCUT2D eigenvalue weighted by atomic mass is 10.2. The van der Waals surface area contributed by atoms with Gasteiger partial charge in [0.2, 0.25) is 5.91 Å². The molecule has 5 heteroatoms. The maximum absolute atomic E-state index is 12.0. The Bertz CT molecular complexity index is 972. The molecule has 1 fully saturated rings. The summed E-state index contributed by atoms with van der Waals surface area (Å²) in [7, 11) is 0. The van der Waals surface area contributed by atoms with E-state index in [1.54, 1.807) is 0 Å². The molecule has 0 spiro atoms. The monoisotopic (exact) mass is 390 g/mol. The van der Waals surface area contributed by atoms with E-state index in [9.17, 15) is 4.79 Å². The van der Waals surface area contributed by atoms with Crippen molar-refractivity contribution in [1.29, 1.82) is 0 Å². The summed E-state index contributed by atoms with van der Waals surface area (Å²) in [4.78, 5) is 21.3. The van der Waals surface area contributed by atoms with E-state index in [1.807, 2.05) is 11.0 Å². The fraction of sp³-hybridized carbons (Fsp3) is 0.417. The number of rotatable bonds is 8. The highest BCUT2D eigenvalue weighted by Gasteiger charge is 2.22. The summed E-state index contributed by atoms with van der Waals surface area (Å²) >= 11 is 0. The Hall–Kier alpha value is -2.66. The molecule has 1 amide bonds. The summed E-state index contributed by atoms with van der Waals surface area (Å²) in [5.74, 6) is 1.23. The first kappa shape index (κ1) is 19.6. The number of aromatic nitrogens is 2. The number of hydrogen-bond acceptors (Lipinski definition) is 3. The molecule has 2 aromatic carbocycles. The Labute approximate surface area is 172 Å². The molecule has 1 aliphatic rings. The zero-order chi connectivity index (χ0) is 20.2. The van der Waals surface area contributed by atoms with E-state index in [-0.39, 0.29) is 5.91 Å². The van der Waals surface area contributed by atoms with Crippen LogP contribution in [0, 0.1) is 0 Å². The van der Waals surface area contributed by atoms with Crippen molar-refractivity contribution in [3.05, 3.63) is 48.5 Å². The fourth-order valence-electron chi connectivity index (χ4n) is 4.23. The van der Waals surface area contributed by atoms with E-state index in [0.717, 1.165) is 68.2 Å². The standard InChI is InChI=1S/C24H30N4O/c1-3-26(4-2)16-8-18-28-22-10-6-5-9-21(22)25-24(28)19-12-14-20(15-13-19)27-17-7-11-23(27)29/h5-6,9-10,12-15H,3-4,7-8,11,16-18H2,1-2H3. The molecule has 1 saturated heterocycles. The van der Waals surface area contributed by atoms with Gasteiger partial charge in [-0.3, -0.25) is 4.79 Å². The largest absolute Gasteiger partial charge is 0.324 e. The van der Waals surface area contributed by atoms with Gasteiger partial charge in [-0.2, -0.15) is 0 Å². The van der Waals surface area contributed by atoms with Crippen molar-refractivity contribution in [3.8, 4) is 11.4 Å². The van der Waals surface area contributed by atoms with Crippen molar-refractivity contribution in [2.45, 2.75) is 39.7 Å². The summed E-state index contributed by atoms with van der Waals surface area (Å²) in [6, 6.07) is 16.7. The van der Waals surface area contributed by atoms with Crippen molar-refractivity contribution >= 4 is 22.6 Å². The van der Waals surface area contributed by atoms with Gasteiger partial charge in [-0.25, -0.2) is 4.98 Å². The van der Waals surface area contributed by atoms with Crippen LogP contribution < -0.4 is 4.90 Å². The first-order valence-corrected chi connectivity index (χ1v) is 10.8. The van der Waals surface area contributed by atoms with Crippen molar-refractivity contribution in [2.24, 2.45) is 0 Å². The Balaban J connectivity index is 1.61. The number of amides is 1. The number of fused-ring (bicyclic) bond motifs is 1. The van der Waals surface area contributed by atoms with Crippen LogP contribution in [0.1, 0.15) is 33.1 Å². The van der Waals surface area contributed by atoms with Crippen LogP contribution in [0.2, 0.25) is 0 Å². The minimum atomic E-state index is 0.224. The smallest absolute Gasteiger partial charge is 0.227 e. The van der Waals surface area contributed by atoms with Gasteiger partial charge in [0.1, 0.15) is 5.82 Å². The molecular weight excluding hydrogens is 360 g/mol. The third-order valence-electron chi connectivity index (χ3n) is 5.92. The molecule has 0 radical (unpaired) electrons. The molecule has 2 heterocycles. The van der Waals surface area contributed by atoms with Crippen molar-refractivity contribution < 1.29 is 4.79 Å². The summed E-state index contributed by atoms with van der Waals surface area (Å²) < 4.78 is 2.34. The molecule has 3 aromatic rings. The van der Waals surface area contributed by atoms with Gasteiger partial charge in [0, 0.05) is 30.8 Å². The van der Waals surface area contributed by atoms with E-state index in [4.69, 9.17) is 4.98 Å².